The predicted molar refractivity (Wildman–Crippen MR) is 123 cm³/mol. The van der Waals surface area contributed by atoms with Gasteiger partial charge in [0.1, 0.15) is 5.75 Å². The number of anilines is 4. The van der Waals surface area contributed by atoms with Crippen LogP contribution < -0.4 is 20.4 Å². The molecule has 1 aromatic heterocycles. The lowest BCUT2D eigenvalue weighted by Gasteiger charge is -2.27. The van der Waals surface area contributed by atoms with Gasteiger partial charge in [-0.1, -0.05) is 12.1 Å². The van der Waals surface area contributed by atoms with Gasteiger partial charge in [0.15, 0.2) is 0 Å². The number of hydrogen-bond donors (Lipinski definition) is 2. The van der Waals surface area contributed by atoms with Crippen molar-refractivity contribution in [3.63, 3.8) is 0 Å². The second-order valence-corrected chi connectivity index (χ2v) is 6.96. The standard InChI is InChI=1S/C21H22N8O4/c1-32-18-4-2-3-15(13-18)14-22-27-20-24-19(23-16-5-7-17(8-6-16)29(30)31)25-21(26-20)28-9-11-33-12-10-28/h2-8,13-14H,9-12H2,1H3,(H2,23,24,25,26,27)/b22-14+. The number of nitrogens with one attached hydrogen (secondary N) is 2. The van der Waals surface area contributed by atoms with Gasteiger partial charge in [-0.25, -0.2) is 5.43 Å². The molecule has 1 fully saturated rings. The molecular weight excluding hydrogens is 428 g/mol. The molecule has 2 aromatic carbocycles. The average Bonchev–Trinajstić information content (AvgIpc) is 2.85. The van der Waals surface area contributed by atoms with E-state index in [1.54, 1.807) is 25.5 Å². The van der Waals surface area contributed by atoms with Crippen molar-refractivity contribution in [2.45, 2.75) is 0 Å². The maximum atomic E-state index is 10.9. The minimum Gasteiger partial charge on any atom is -0.497 e. The van der Waals surface area contributed by atoms with E-state index in [9.17, 15) is 10.1 Å². The fraction of sp³-hybridized carbons (Fsp3) is 0.238. The lowest BCUT2D eigenvalue weighted by atomic mass is 10.2. The first-order valence-corrected chi connectivity index (χ1v) is 10.1. The minimum atomic E-state index is -0.453. The Morgan fingerprint density at radius 1 is 1.12 bits per heavy atom. The number of nitrogens with zero attached hydrogens (tertiary/aromatic N) is 6. The first-order chi connectivity index (χ1) is 16.1. The molecule has 2 heterocycles. The Morgan fingerprint density at radius 3 is 2.61 bits per heavy atom. The molecule has 0 radical (unpaired) electrons. The van der Waals surface area contributed by atoms with E-state index >= 15 is 0 Å². The van der Waals surface area contributed by atoms with Crippen molar-refractivity contribution in [3.05, 3.63) is 64.2 Å². The lowest BCUT2D eigenvalue weighted by molar-refractivity contribution is -0.384. The highest BCUT2D eigenvalue weighted by molar-refractivity contribution is 5.80. The number of nitro groups is 1. The van der Waals surface area contributed by atoms with Gasteiger partial charge >= 0.3 is 0 Å². The van der Waals surface area contributed by atoms with E-state index in [0.29, 0.717) is 37.9 Å². The van der Waals surface area contributed by atoms with Crippen LogP contribution in [0.2, 0.25) is 0 Å². The van der Waals surface area contributed by atoms with Gasteiger partial charge in [-0.05, 0) is 29.8 Å². The molecule has 12 heteroatoms. The summed E-state index contributed by atoms with van der Waals surface area (Å²) in [5.41, 5.74) is 4.28. The number of hydrazone groups is 1. The molecule has 4 rings (SSSR count). The molecule has 0 spiro atoms. The van der Waals surface area contributed by atoms with Crippen molar-refractivity contribution in [2.75, 3.05) is 49.1 Å². The number of nitro benzene ring substituents is 1. The fourth-order valence-electron chi connectivity index (χ4n) is 3.06. The molecule has 1 aliphatic rings. The third-order valence-corrected chi connectivity index (χ3v) is 4.72. The zero-order valence-corrected chi connectivity index (χ0v) is 17.8. The van der Waals surface area contributed by atoms with Crippen LogP contribution in [0.25, 0.3) is 0 Å². The van der Waals surface area contributed by atoms with Crippen molar-refractivity contribution in [3.8, 4) is 5.75 Å². The molecule has 0 atom stereocenters. The average molecular weight is 450 g/mol. The zero-order valence-electron chi connectivity index (χ0n) is 17.8. The maximum Gasteiger partial charge on any atom is 0.269 e. The molecule has 0 amide bonds. The summed E-state index contributed by atoms with van der Waals surface area (Å²) in [6.45, 7) is 2.45. The van der Waals surface area contributed by atoms with E-state index < -0.39 is 4.92 Å². The molecule has 33 heavy (non-hydrogen) atoms. The van der Waals surface area contributed by atoms with Gasteiger partial charge < -0.3 is 19.7 Å². The summed E-state index contributed by atoms with van der Waals surface area (Å²) < 4.78 is 10.6. The SMILES string of the molecule is COc1cccc(/C=N/Nc2nc(Nc3ccc([N+](=O)[O-])cc3)nc(N3CCOCC3)n2)c1. The molecule has 3 aromatic rings. The molecule has 0 bridgehead atoms. The second-order valence-electron chi connectivity index (χ2n) is 6.96. The number of methoxy groups -OCH3 is 1. The molecule has 0 unspecified atom stereocenters. The first-order valence-electron chi connectivity index (χ1n) is 10.1. The van der Waals surface area contributed by atoms with Crippen molar-refractivity contribution in [2.24, 2.45) is 5.10 Å². The number of ether oxygens (including phenoxy) is 2. The zero-order chi connectivity index (χ0) is 23.0. The monoisotopic (exact) mass is 450 g/mol. The van der Waals surface area contributed by atoms with Gasteiger partial charge in [-0.2, -0.15) is 20.1 Å². The van der Waals surface area contributed by atoms with Crippen molar-refractivity contribution in [1.82, 2.24) is 15.0 Å². The first kappa shape index (κ1) is 21.9. The Hall–Kier alpha value is -4.32. The van der Waals surface area contributed by atoms with Crippen molar-refractivity contribution in [1.29, 1.82) is 0 Å². The van der Waals surface area contributed by atoms with Gasteiger partial charge in [0.05, 0.1) is 31.5 Å². The highest BCUT2D eigenvalue weighted by Crippen LogP contribution is 2.21. The fourth-order valence-corrected chi connectivity index (χ4v) is 3.06. The number of benzene rings is 2. The number of non-ortho nitro benzene ring substituents is 1. The van der Waals surface area contributed by atoms with Crippen LogP contribution in [-0.2, 0) is 4.74 Å². The van der Waals surface area contributed by atoms with E-state index in [1.165, 1.54) is 12.1 Å². The Balaban J connectivity index is 1.55. The number of morpholine rings is 1. The number of aromatic nitrogens is 3. The van der Waals surface area contributed by atoms with Crippen LogP contribution in [0.3, 0.4) is 0 Å². The van der Waals surface area contributed by atoms with Crippen LogP contribution in [0.1, 0.15) is 5.56 Å². The Labute approximate surface area is 189 Å². The highest BCUT2D eigenvalue weighted by atomic mass is 16.6. The molecule has 1 aliphatic heterocycles. The van der Waals surface area contributed by atoms with Crippen LogP contribution in [0.15, 0.2) is 53.6 Å². The largest absolute Gasteiger partial charge is 0.497 e. The lowest BCUT2D eigenvalue weighted by Crippen LogP contribution is -2.37. The second kappa shape index (κ2) is 10.3. The summed E-state index contributed by atoms with van der Waals surface area (Å²) in [4.78, 5) is 25.8. The van der Waals surface area contributed by atoms with E-state index in [2.05, 4.69) is 30.8 Å². The van der Waals surface area contributed by atoms with E-state index in [0.717, 1.165) is 11.3 Å². The van der Waals surface area contributed by atoms with Crippen molar-refractivity contribution >= 4 is 35.4 Å². The normalized spacial score (nSPS) is 13.7. The topological polar surface area (TPSA) is 140 Å². The molecule has 1 saturated heterocycles. The van der Waals surface area contributed by atoms with Gasteiger partial charge in [0.2, 0.25) is 17.8 Å². The molecule has 2 N–H and O–H groups in total. The summed E-state index contributed by atoms with van der Waals surface area (Å²) in [7, 11) is 1.60. The predicted octanol–water partition coefficient (Wildman–Crippen LogP) is 2.81. The summed E-state index contributed by atoms with van der Waals surface area (Å²) in [5, 5.41) is 18.2. The third-order valence-electron chi connectivity index (χ3n) is 4.72. The Morgan fingerprint density at radius 2 is 1.88 bits per heavy atom. The maximum absolute atomic E-state index is 10.9. The highest BCUT2D eigenvalue weighted by Gasteiger charge is 2.17. The summed E-state index contributed by atoms with van der Waals surface area (Å²) >= 11 is 0. The Bertz CT molecular complexity index is 1130. The molecule has 170 valence electrons. The molecular formula is C21H22N8O4. The van der Waals surface area contributed by atoms with Crippen LogP contribution in [0.4, 0.5) is 29.2 Å². The molecule has 0 aliphatic carbocycles. The molecule has 0 saturated carbocycles. The van der Waals surface area contributed by atoms with Crippen LogP contribution >= 0.6 is 0 Å². The van der Waals surface area contributed by atoms with E-state index in [1.807, 2.05) is 29.2 Å². The summed E-state index contributed by atoms with van der Waals surface area (Å²) in [6.07, 6.45) is 1.63. The Kier molecular flexibility index (Phi) is 6.85. The van der Waals surface area contributed by atoms with Crippen LogP contribution in [-0.4, -0.2) is 59.5 Å². The quantitative estimate of drug-likeness (QED) is 0.299. The summed E-state index contributed by atoms with van der Waals surface area (Å²) in [6, 6.07) is 13.4. The number of hydrogen-bond acceptors (Lipinski definition) is 11. The van der Waals surface area contributed by atoms with Gasteiger partial charge in [-0.3, -0.25) is 10.1 Å². The number of rotatable bonds is 8. The van der Waals surface area contributed by atoms with Crippen LogP contribution in [0.5, 0.6) is 5.75 Å². The van der Waals surface area contributed by atoms with Gasteiger partial charge in [0.25, 0.3) is 5.69 Å². The minimum absolute atomic E-state index is 0.000521. The van der Waals surface area contributed by atoms with Crippen molar-refractivity contribution < 1.29 is 14.4 Å². The third kappa shape index (κ3) is 5.89. The van der Waals surface area contributed by atoms with E-state index in [-0.39, 0.29) is 17.6 Å². The molecule has 12 nitrogen and oxygen atoms in total. The summed E-state index contributed by atoms with van der Waals surface area (Å²) in [5.74, 6) is 1.72. The smallest absolute Gasteiger partial charge is 0.269 e. The van der Waals surface area contributed by atoms with Crippen LogP contribution in [0, 0.1) is 10.1 Å². The van der Waals surface area contributed by atoms with Gasteiger partial charge in [-0.15, -0.1) is 0 Å². The van der Waals surface area contributed by atoms with E-state index in [4.69, 9.17) is 9.47 Å². The van der Waals surface area contributed by atoms with Gasteiger partial charge in [0, 0.05) is 30.9 Å².